The fourth-order valence-corrected chi connectivity index (χ4v) is 0.509. The van der Waals surface area contributed by atoms with Crippen molar-refractivity contribution in [3.05, 3.63) is 11.6 Å². The molecular formula is C5H9NO. The van der Waals surface area contributed by atoms with E-state index in [4.69, 9.17) is 10.5 Å². The second-order valence-electron chi connectivity index (χ2n) is 1.64. The van der Waals surface area contributed by atoms with Crippen molar-refractivity contribution < 1.29 is 4.74 Å². The highest BCUT2D eigenvalue weighted by molar-refractivity contribution is 5.12. The molecule has 0 saturated heterocycles. The van der Waals surface area contributed by atoms with Gasteiger partial charge in [-0.15, -0.1) is 0 Å². The van der Waals surface area contributed by atoms with Gasteiger partial charge in [0, 0.05) is 6.42 Å². The SMILES string of the molecule is CCCC1=C(N)O1. The number of ether oxygens (including phenoxy) is 1. The van der Waals surface area contributed by atoms with Crippen molar-refractivity contribution in [1.29, 1.82) is 0 Å². The zero-order valence-electron chi connectivity index (χ0n) is 4.40. The molecule has 1 aliphatic heterocycles. The monoisotopic (exact) mass is 99.1 g/mol. The van der Waals surface area contributed by atoms with Crippen molar-refractivity contribution >= 4 is 0 Å². The topological polar surface area (TPSA) is 38.5 Å². The molecule has 0 spiro atoms. The normalized spacial score (nSPS) is 16.7. The molecule has 0 amide bonds. The summed E-state index contributed by atoms with van der Waals surface area (Å²) in [7, 11) is 0. The number of hydrogen-bond donors (Lipinski definition) is 1. The minimum absolute atomic E-state index is 0.641. The van der Waals surface area contributed by atoms with Crippen LogP contribution in [0.25, 0.3) is 0 Å². The Labute approximate surface area is 43.0 Å². The molecule has 7 heavy (non-hydrogen) atoms. The molecule has 0 fully saturated rings. The van der Waals surface area contributed by atoms with Crippen molar-refractivity contribution in [2.75, 3.05) is 0 Å². The molecule has 0 atom stereocenters. The van der Waals surface area contributed by atoms with Crippen LogP contribution in [0.2, 0.25) is 0 Å². The maximum absolute atomic E-state index is 5.21. The first-order valence-electron chi connectivity index (χ1n) is 2.51. The lowest BCUT2D eigenvalue weighted by atomic mass is 10.3. The summed E-state index contributed by atoms with van der Waals surface area (Å²) in [6.07, 6.45) is 2.13. The Morgan fingerprint density at radius 3 is 2.43 bits per heavy atom. The Kier molecular flexibility index (Phi) is 0.929. The summed E-state index contributed by atoms with van der Waals surface area (Å²) in [5.74, 6) is 1.63. The van der Waals surface area contributed by atoms with Crippen molar-refractivity contribution in [1.82, 2.24) is 0 Å². The third kappa shape index (κ3) is 0.856. The first-order chi connectivity index (χ1) is 3.34. The summed E-state index contributed by atoms with van der Waals surface area (Å²) in [5.41, 5.74) is 5.21. The molecular weight excluding hydrogens is 90.1 g/mol. The zero-order valence-corrected chi connectivity index (χ0v) is 4.40. The molecule has 1 rings (SSSR count). The van der Waals surface area contributed by atoms with Crippen LogP contribution in [0.3, 0.4) is 0 Å². The molecule has 2 heteroatoms. The van der Waals surface area contributed by atoms with E-state index >= 15 is 0 Å². The molecule has 1 aliphatic rings. The summed E-state index contributed by atoms with van der Waals surface area (Å²) in [4.78, 5) is 0. The summed E-state index contributed by atoms with van der Waals surface area (Å²) in [6.45, 7) is 2.10. The second-order valence-corrected chi connectivity index (χ2v) is 1.64. The van der Waals surface area contributed by atoms with Gasteiger partial charge in [0.25, 0.3) is 0 Å². The Hall–Kier alpha value is -0.660. The molecule has 2 N–H and O–H groups in total. The minimum atomic E-state index is 0.641. The molecule has 0 aromatic carbocycles. The van der Waals surface area contributed by atoms with E-state index < -0.39 is 0 Å². The molecule has 0 saturated carbocycles. The van der Waals surface area contributed by atoms with Crippen LogP contribution in [0, 0.1) is 0 Å². The van der Waals surface area contributed by atoms with Crippen molar-refractivity contribution in [3.63, 3.8) is 0 Å². The molecule has 40 valence electrons. The lowest BCUT2D eigenvalue weighted by molar-refractivity contribution is 0.449. The Bertz CT molecular complexity index is 107. The van der Waals surface area contributed by atoms with Crippen LogP contribution in [-0.4, -0.2) is 0 Å². The largest absolute Gasteiger partial charge is 0.437 e. The second kappa shape index (κ2) is 1.45. The van der Waals surface area contributed by atoms with E-state index in [1.807, 2.05) is 0 Å². The third-order valence-corrected chi connectivity index (χ3v) is 0.943. The van der Waals surface area contributed by atoms with Gasteiger partial charge in [-0.1, -0.05) is 6.92 Å². The lowest BCUT2D eigenvalue weighted by Gasteiger charge is -1.75. The molecule has 1 heterocycles. The van der Waals surface area contributed by atoms with E-state index in [1.54, 1.807) is 0 Å². The first-order valence-corrected chi connectivity index (χ1v) is 2.51. The van der Waals surface area contributed by atoms with Crippen LogP contribution in [0.5, 0.6) is 0 Å². The van der Waals surface area contributed by atoms with Crippen LogP contribution in [0.1, 0.15) is 19.8 Å². The Morgan fingerprint density at radius 2 is 2.29 bits per heavy atom. The van der Waals surface area contributed by atoms with E-state index in [-0.39, 0.29) is 0 Å². The summed E-state index contributed by atoms with van der Waals surface area (Å²) < 4.78 is 4.77. The number of hydrogen-bond acceptors (Lipinski definition) is 2. The molecule has 0 bridgehead atoms. The van der Waals surface area contributed by atoms with E-state index in [1.165, 1.54) is 0 Å². The highest BCUT2D eigenvalue weighted by Gasteiger charge is 2.18. The fourth-order valence-electron chi connectivity index (χ4n) is 0.509. The maximum Gasteiger partial charge on any atom is 0.229 e. The fraction of sp³-hybridized carbons (Fsp3) is 0.600. The van der Waals surface area contributed by atoms with Crippen molar-refractivity contribution in [3.8, 4) is 0 Å². The highest BCUT2D eigenvalue weighted by atomic mass is 16.6. The van der Waals surface area contributed by atoms with Crippen LogP contribution >= 0.6 is 0 Å². The van der Waals surface area contributed by atoms with Gasteiger partial charge in [-0.2, -0.15) is 0 Å². The standard InChI is InChI=1S/C5H9NO/c1-2-3-4-5(6)7-4/h2-3,6H2,1H3. The Morgan fingerprint density at radius 1 is 1.71 bits per heavy atom. The zero-order chi connectivity index (χ0) is 5.28. The van der Waals surface area contributed by atoms with E-state index in [0.29, 0.717) is 5.88 Å². The molecule has 0 radical (unpaired) electrons. The van der Waals surface area contributed by atoms with E-state index in [9.17, 15) is 0 Å². The summed E-state index contributed by atoms with van der Waals surface area (Å²) >= 11 is 0. The number of allylic oxidation sites excluding steroid dienone is 1. The highest BCUT2D eigenvalue weighted by Crippen LogP contribution is 2.24. The third-order valence-electron chi connectivity index (χ3n) is 0.943. The maximum atomic E-state index is 5.21. The number of nitrogens with two attached hydrogens (primary N) is 1. The molecule has 0 aliphatic carbocycles. The predicted molar refractivity (Wildman–Crippen MR) is 27.2 cm³/mol. The van der Waals surface area contributed by atoms with Crippen molar-refractivity contribution in [2.24, 2.45) is 5.73 Å². The van der Waals surface area contributed by atoms with Gasteiger partial charge >= 0.3 is 0 Å². The predicted octanol–water partition coefficient (Wildman–Crippen LogP) is 0.945. The van der Waals surface area contributed by atoms with Gasteiger partial charge in [0.05, 0.1) is 0 Å². The Balaban J connectivity index is 2.19. The lowest BCUT2D eigenvalue weighted by Crippen LogP contribution is -1.78. The number of rotatable bonds is 2. The van der Waals surface area contributed by atoms with Gasteiger partial charge in [0.2, 0.25) is 5.88 Å². The van der Waals surface area contributed by atoms with Gasteiger partial charge < -0.3 is 10.5 Å². The quantitative estimate of drug-likeness (QED) is 0.559. The summed E-state index contributed by atoms with van der Waals surface area (Å²) in [5, 5.41) is 0. The van der Waals surface area contributed by atoms with Gasteiger partial charge in [-0.3, -0.25) is 0 Å². The minimum Gasteiger partial charge on any atom is -0.437 e. The average Bonchev–Trinajstić information content (AvgIpc) is 2.22. The van der Waals surface area contributed by atoms with Crippen molar-refractivity contribution in [2.45, 2.75) is 19.8 Å². The van der Waals surface area contributed by atoms with Gasteiger partial charge in [0.1, 0.15) is 0 Å². The average molecular weight is 99.1 g/mol. The van der Waals surface area contributed by atoms with Gasteiger partial charge in [-0.25, -0.2) is 0 Å². The van der Waals surface area contributed by atoms with Crippen LogP contribution < -0.4 is 5.73 Å². The molecule has 0 unspecified atom stereocenters. The van der Waals surface area contributed by atoms with Crippen LogP contribution in [-0.2, 0) is 4.74 Å². The molecule has 0 aromatic rings. The summed E-state index contributed by atoms with van der Waals surface area (Å²) in [6, 6.07) is 0. The van der Waals surface area contributed by atoms with Gasteiger partial charge in [-0.05, 0) is 6.42 Å². The van der Waals surface area contributed by atoms with Crippen LogP contribution in [0.4, 0.5) is 0 Å². The molecule has 0 aromatic heterocycles. The van der Waals surface area contributed by atoms with Crippen LogP contribution in [0.15, 0.2) is 11.6 Å². The molecule has 2 nitrogen and oxygen atoms in total. The first kappa shape index (κ1) is 4.50. The van der Waals surface area contributed by atoms with E-state index in [0.717, 1.165) is 18.6 Å². The van der Waals surface area contributed by atoms with E-state index in [2.05, 4.69) is 6.92 Å². The van der Waals surface area contributed by atoms with Gasteiger partial charge in [0.15, 0.2) is 5.76 Å². The smallest absolute Gasteiger partial charge is 0.229 e.